The zero-order chi connectivity index (χ0) is 17.0. The predicted octanol–water partition coefficient (Wildman–Crippen LogP) is 2.99. The second kappa shape index (κ2) is 7.64. The van der Waals surface area contributed by atoms with Crippen LogP contribution in [-0.4, -0.2) is 53.6 Å². The molecule has 0 aliphatic carbocycles. The molecule has 1 N–H and O–H groups in total. The zero-order valence-corrected chi connectivity index (χ0v) is 15.4. The number of amides is 1. The van der Waals surface area contributed by atoms with E-state index in [9.17, 15) is 9.90 Å². The summed E-state index contributed by atoms with van der Waals surface area (Å²) >= 11 is 3.42. The first-order valence-electron chi connectivity index (χ1n) is 7.75. The minimum absolute atomic E-state index is 0.103. The highest BCUT2D eigenvalue weighted by molar-refractivity contribution is 9.10. The van der Waals surface area contributed by atoms with Gasteiger partial charge in [-0.05, 0) is 44.9 Å². The normalized spacial score (nSPS) is 22.0. The van der Waals surface area contributed by atoms with Gasteiger partial charge in [-0.3, -0.25) is 4.90 Å². The van der Waals surface area contributed by atoms with Crippen molar-refractivity contribution in [3.05, 3.63) is 34.3 Å². The third-order valence-electron chi connectivity index (χ3n) is 3.58. The van der Waals surface area contributed by atoms with E-state index in [0.717, 1.165) is 10.0 Å². The Bertz CT molecular complexity index is 526. The average molecular weight is 386 g/mol. The van der Waals surface area contributed by atoms with E-state index in [1.165, 1.54) is 0 Å². The van der Waals surface area contributed by atoms with Crippen molar-refractivity contribution in [2.24, 2.45) is 0 Å². The molecule has 0 radical (unpaired) electrons. The monoisotopic (exact) mass is 385 g/mol. The van der Waals surface area contributed by atoms with Crippen LogP contribution in [0, 0.1) is 0 Å². The zero-order valence-electron chi connectivity index (χ0n) is 13.8. The molecule has 128 valence electrons. The third kappa shape index (κ3) is 5.48. The lowest BCUT2D eigenvalue weighted by Gasteiger charge is -2.39. The van der Waals surface area contributed by atoms with Gasteiger partial charge in [0.25, 0.3) is 0 Å². The maximum Gasteiger partial charge on any atom is 0.410 e. The molecule has 1 aromatic rings. The molecule has 1 aliphatic rings. The largest absolute Gasteiger partial charge is 0.444 e. The lowest BCUT2D eigenvalue weighted by molar-refractivity contribution is -0.0843. The number of carbonyl (C=O) groups excluding carboxylic acids is 1. The van der Waals surface area contributed by atoms with Crippen LogP contribution in [0.4, 0.5) is 4.79 Å². The van der Waals surface area contributed by atoms with Crippen molar-refractivity contribution in [1.82, 2.24) is 4.90 Å². The Morgan fingerprint density at radius 1 is 1.39 bits per heavy atom. The molecule has 0 aromatic heterocycles. The summed E-state index contributed by atoms with van der Waals surface area (Å²) in [5.41, 5.74) is 0.574. The van der Waals surface area contributed by atoms with Crippen molar-refractivity contribution < 1.29 is 19.4 Å². The number of halogens is 1. The SMILES string of the molecule is CC(C)(C)OC(=O)N1C[C@H](CO)OC[C@@H]1Cc1ccc(Br)cc1. The number of aliphatic hydroxyl groups is 1. The fourth-order valence-corrected chi connectivity index (χ4v) is 2.74. The van der Waals surface area contributed by atoms with Crippen molar-refractivity contribution >= 4 is 22.0 Å². The van der Waals surface area contributed by atoms with Crippen LogP contribution in [0.3, 0.4) is 0 Å². The van der Waals surface area contributed by atoms with Crippen LogP contribution in [0.1, 0.15) is 26.3 Å². The van der Waals surface area contributed by atoms with Crippen LogP contribution in [0.2, 0.25) is 0 Å². The van der Waals surface area contributed by atoms with E-state index >= 15 is 0 Å². The van der Waals surface area contributed by atoms with Crippen LogP contribution in [-0.2, 0) is 15.9 Å². The van der Waals surface area contributed by atoms with E-state index in [1.807, 2.05) is 45.0 Å². The molecule has 1 amide bonds. The first kappa shape index (κ1) is 18.2. The summed E-state index contributed by atoms with van der Waals surface area (Å²) in [6.07, 6.45) is -0.0324. The Balaban J connectivity index is 2.11. The van der Waals surface area contributed by atoms with Crippen LogP contribution >= 0.6 is 15.9 Å². The number of nitrogens with zero attached hydrogens (tertiary/aromatic N) is 1. The van der Waals surface area contributed by atoms with Gasteiger partial charge in [-0.15, -0.1) is 0 Å². The highest BCUT2D eigenvalue weighted by Crippen LogP contribution is 2.21. The van der Waals surface area contributed by atoms with Gasteiger partial charge in [0.1, 0.15) is 5.60 Å². The number of carbonyl (C=O) groups is 1. The third-order valence-corrected chi connectivity index (χ3v) is 4.11. The van der Waals surface area contributed by atoms with Crippen LogP contribution in [0.25, 0.3) is 0 Å². The summed E-state index contributed by atoms with van der Waals surface area (Å²) in [6, 6.07) is 7.90. The minimum Gasteiger partial charge on any atom is -0.444 e. The number of hydrogen-bond acceptors (Lipinski definition) is 4. The highest BCUT2D eigenvalue weighted by Gasteiger charge is 2.34. The number of morpholine rings is 1. The number of aliphatic hydroxyl groups excluding tert-OH is 1. The van der Waals surface area contributed by atoms with Gasteiger partial charge in [-0.2, -0.15) is 0 Å². The lowest BCUT2D eigenvalue weighted by Crippen LogP contribution is -2.55. The van der Waals surface area contributed by atoms with E-state index in [0.29, 0.717) is 19.6 Å². The van der Waals surface area contributed by atoms with Crippen molar-refractivity contribution in [1.29, 1.82) is 0 Å². The van der Waals surface area contributed by atoms with Gasteiger partial charge in [0.2, 0.25) is 0 Å². The maximum atomic E-state index is 12.5. The van der Waals surface area contributed by atoms with Crippen molar-refractivity contribution in [3.8, 4) is 0 Å². The summed E-state index contributed by atoms with van der Waals surface area (Å²) in [7, 11) is 0. The number of benzene rings is 1. The van der Waals surface area contributed by atoms with Crippen molar-refractivity contribution in [3.63, 3.8) is 0 Å². The minimum atomic E-state index is -0.549. The predicted molar refractivity (Wildman–Crippen MR) is 91.4 cm³/mol. The van der Waals surface area contributed by atoms with Gasteiger partial charge >= 0.3 is 6.09 Å². The molecule has 5 nitrogen and oxygen atoms in total. The van der Waals surface area contributed by atoms with Gasteiger partial charge in [0.05, 0.1) is 31.9 Å². The Labute approximate surface area is 145 Å². The molecule has 0 spiro atoms. The molecule has 0 bridgehead atoms. The van der Waals surface area contributed by atoms with Crippen LogP contribution in [0.5, 0.6) is 0 Å². The van der Waals surface area contributed by atoms with Gasteiger partial charge in [0, 0.05) is 4.47 Å². The molecule has 1 heterocycles. The molecule has 2 rings (SSSR count). The molecule has 1 saturated heterocycles. The molecular weight excluding hydrogens is 362 g/mol. The Kier molecular flexibility index (Phi) is 6.06. The number of hydrogen-bond donors (Lipinski definition) is 1. The Morgan fingerprint density at radius 2 is 2.04 bits per heavy atom. The first-order valence-corrected chi connectivity index (χ1v) is 8.54. The molecule has 0 unspecified atom stereocenters. The molecule has 1 fully saturated rings. The van der Waals surface area contributed by atoms with Gasteiger partial charge in [-0.1, -0.05) is 28.1 Å². The molecule has 6 heteroatoms. The summed E-state index contributed by atoms with van der Waals surface area (Å²) < 4.78 is 12.2. The van der Waals surface area contributed by atoms with Crippen molar-refractivity contribution in [2.75, 3.05) is 19.8 Å². The maximum absolute atomic E-state index is 12.5. The quantitative estimate of drug-likeness (QED) is 0.868. The molecule has 1 aromatic carbocycles. The molecule has 23 heavy (non-hydrogen) atoms. The molecule has 0 saturated carbocycles. The van der Waals surface area contributed by atoms with E-state index in [4.69, 9.17) is 9.47 Å². The fourth-order valence-electron chi connectivity index (χ4n) is 2.47. The van der Waals surface area contributed by atoms with Gasteiger partial charge in [0.15, 0.2) is 0 Å². The second-order valence-electron chi connectivity index (χ2n) is 6.76. The van der Waals surface area contributed by atoms with Crippen molar-refractivity contribution in [2.45, 2.75) is 44.9 Å². The molecule has 1 aliphatic heterocycles. The fraction of sp³-hybridized carbons (Fsp3) is 0.588. The van der Waals surface area contributed by atoms with Gasteiger partial charge < -0.3 is 14.6 Å². The summed E-state index contributed by atoms with van der Waals surface area (Å²) in [5, 5.41) is 9.32. The van der Waals surface area contributed by atoms with E-state index in [-0.39, 0.29) is 24.8 Å². The first-order chi connectivity index (χ1) is 10.8. The van der Waals surface area contributed by atoms with E-state index in [2.05, 4.69) is 15.9 Å². The highest BCUT2D eigenvalue weighted by atomic mass is 79.9. The summed E-state index contributed by atoms with van der Waals surface area (Å²) in [6.45, 7) is 6.16. The lowest BCUT2D eigenvalue weighted by atomic mass is 10.0. The standard InChI is InChI=1S/C17H24BrNO4/c1-17(2,3)23-16(21)19-9-15(10-20)22-11-14(19)8-12-4-6-13(18)7-5-12/h4-7,14-15,20H,8-11H2,1-3H3/t14-,15+/m0/s1. The average Bonchev–Trinajstić information content (AvgIpc) is 2.48. The Hall–Kier alpha value is -1.11. The van der Waals surface area contributed by atoms with Gasteiger partial charge in [-0.25, -0.2) is 4.79 Å². The topological polar surface area (TPSA) is 59.0 Å². The van der Waals surface area contributed by atoms with Crippen LogP contribution < -0.4 is 0 Å². The number of ether oxygens (including phenoxy) is 2. The smallest absolute Gasteiger partial charge is 0.410 e. The van der Waals surface area contributed by atoms with Crippen LogP contribution in [0.15, 0.2) is 28.7 Å². The molecular formula is C17H24BrNO4. The summed E-state index contributed by atoms with van der Waals surface area (Å²) in [5.74, 6) is 0. The summed E-state index contributed by atoms with van der Waals surface area (Å²) in [4.78, 5) is 14.2. The van der Waals surface area contributed by atoms with E-state index < -0.39 is 5.60 Å². The molecule has 2 atom stereocenters. The Morgan fingerprint density at radius 3 is 2.61 bits per heavy atom. The second-order valence-corrected chi connectivity index (χ2v) is 7.67. The number of rotatable bonds is 3. The van der Waals surface area contributed by atoms with E-state index in [1.54, 1.807) is 4.90 Å².